The van der Waals surface area contributed by atoms with Crippen LogP contribution < -0.4 is 14.8 Å². The predicted molar refractivity (Wildman–Crippen MR) is 101 cm³/mol. The molecule has 2 unspecified atom stereocenters. The molecule has 4 heteroatoms. The van der Waals surface area contributed by atoms with Crippen LogP contribution in [0, 0.1) is 0 Å². The molecular weight excluding hydrogens is 314 g/mol. The SMILES string of the molecule is CCOc1ccccc1NC(=O)C(C)Oc1ccccc1C(C)CC. The molecule has 0 aromatic heterocycles. The molecule has 0 bridgehead atoms. The number of carbonyl (C=O) groups is 1. The van der Waals surface area contributed by atoms with Crippen LogP contribution in [0.5, 0.6) is 11.5 Å². The van der Waals surface area contributed by atoms with E-state index in [1.807, 2.05) is 49.4 Å². The number of hydrogen-bond acceptors (Lipinski definition) is 3. The number of benzene rings is 2. The van der Waals surface area contributed by atoms with Crippen molar-refractivity contribution in [3.63, 3.8) is 0 Å². The first-order chi connectivity index (χ1) is 12.1. The van der Waals surface area contributed by atoms with E-state index < -0.39 is 6.10 Å². The van der Waals surface area contributed by atoms with Crippen LogP contribution in [0.15, 0.2) is 48.5 Å². The maximum absolute atomic E-state index is 12.5. The number of carbonyl (C=O) groups excluding carboxylic acids is 1. The number of anilines is 1. The lowest BCUT2D eigenvalue weighted by Crippen LogP contribution is -2.30. The van der Waals surface area contributed by atoms with Gasteiger partial charge in [0, 0.05) is 0 Å². The van der Waals surface area contributed by atoms with Crippen LogP contribution in [-0.2, 0) is 4.79 Å². The third-order valence-electron chi connectivity index (χ3n) is 4.18. The van der Waals surface area contributed by atoms with Crippen molar-refractivity contribution in [1.82, 2.24) is 0 Å². The molecule has 134 valence electrons. The van der Waals surface area contributed by atoms with Gasteiger partial charge in [0.1, 0.15) is 11.5 Å². The maximum atomic E-state index is 12.5. The molecule has 2 rings (SSSR count). The molecule has 2 aromatic rings. The van der Waals surface area contributed by atoms with E-state index in [9.17, 15) is 4.79 Å². The van der Waals surface area contributed by atoms with Crippen molar-refractivity contribution in [1.29, 1.82) is 0 Å². The minimum Gasteiger partial charge on any atom is -0.492 e. The Labute approximate surface area is 150 Å². The first kappa shape index (κ1) is 18.8. The molecule has 0 aliphatic carbocycles. The molecule has 0 aliphatic rings. The summed E-state index contributed by atoms with van der Waals surface area (Å²) in [6.45, 7) is 8.51. The smallest absolute Gasteiger partial charge is 0.265 e. The van der Waals surface area contributed by atoms with Crippen molar-refractivity contribution in [2.75, 3.05) is 11.9 Å². The van der Waals surface area contributed by atoms with Gasteiger partial charge in [-0.15, -0.1) is 0 Å². The van der Waals surface area contributed by atoms with Gasteiger partial charge in [0.25, 0.3) is 5.91 Å². The normalized spacial score (nSPS) is 13.0. The van der Waals surface area contributed by atoms with E-state index in [4.69, 9.17) is 9.47 Å². The van der Waals surface area contributed by atoms with Gasteiger partial charge in [-0.25, -0.2) is 0 Å². The lowest BCUT2D eigenvalue weighted by atomic mass is 9.98. The Bertz CT molecular complexity index is 699. The highest BCUT2D eigenvalue weighted by Crippen LogP contribution is 2.29. The number of nitrogens with one attached hydrogen (secondary N) is 1. The molecule has 0 aliphatic heterocycles. The minimum absolute atomic E-state index is 0.203. The Balaban J connectivity index is 2.09. The molecule has 2 atom stereocenters. The van der Waals surface area contributed by atoms with E-state index in [0.29, 0.717) is 24.0 Å². The average Bonchev–Trinajstić information content (AvgIpc) is 2.63. The molecule has 0 saturated carbocycles. The highest BCUT2D eigenvalue weighted by molar-refractivity contribution is 5.95. The summed E-state index contributed by atoms with van der Waals surface area (Å²) < 4.78 is 11.5. The molecule has 0 saturated heterocycles. The second-order valence-corrected chi connectivity index (χ2v) is 6.03. The molecule has 0 heterocycles. The van der Waals surface area contributed by atoms with Crippen molar-refractivity contribution >= 4 is 11.6 Å². The fourth-order valence-electron chi connectivity index (χ4n) is 2.54. The molecule has 0 radical (unpaired) electrons. The van der Waals surface area contributed by atoms with Crippen LogP contribution in [0.4, 0.5) is 5.69 Å². The molecule has 0 spiro atoms. The van der Waals surface area contributed by atoms with E-state index in [-0.39, 0.29) is 5.91 Å². The van der Waals surface area contributed by atoms with Crippen LogP contribution in [0.1, 0.15) is 45.6 Å². The second-order valence-electron chi connectivity index (χ2n) is 6.03. The van der Waals surface area contributed by atoms with Crippen LogP contribution in [-0.4, -0.2) is 18.6 Å². The Kier molecular flexibility index (Phi) is 6.87. The minimum atomic E-state index is -0.611. The van der Waals surface area contributed by atoms with Crippen LogP contribution in [0.2, 0.25) is 0 Å². The summed E-state index contributed by atoms with van der Waals surface area (Å²) in [7, 11) is 0. The Morgan fingerprint density at radius 3 is 2.32 bits per heavy atom. The Morgan fingerprint density at radius 2 is 1.64 bits per heavy atom. The summed E-state index contributed by atoms with van der Waals surface area (Å²) in [5.41, 5.74) is 1.78. The summed E-state index contributed by atoms with van der Waals surface area (Å²) in [5, 5.41) is 2.89. The highest BCUT2D eigenvalue weighted by Gasteiger charge is 2.19. The van der Waals surface area contributed by atoms with Gasteiger partial charge in [-0.2, -0.15) is 0 Å². The zero-order valence-corrected chi connectivity index (χ0v) is 15.4. The van der Waals surface area contributed by atoms with Gasteiger partial charge in [-0.3, -0.25) is 4.79 Å². The van der Waals surface area contributed by atoms with Gasteiger partial charge in [-0.05, 0) is 49.9 Å². The Hall–Kier alpha value is -2.49. The molecule has 1 amide bonds. The summed E-state index contributed by atoms with van der Waals surface area (Å²) in [5.74, 6) is 1.60. The number of ether oxygens (including phenoxy) is 2. The molecular formula is C21H27NO3. The molecule has 25 heavy (non-hydrogen) atoms. The van der Waals surface area contributed by atoms with Crippen molar-refractivity contribution in [2.24, 2.45) is 0 Å². The number of para-hydroxylation sites is 3. The lowest BCUT2D eigenvalue weighted by molar-refractivity contribution is -0.122. The third kappa shape index (κ3) is 4.99. The van der Waals surface area contributed by atoms with Gasteiger partial charge in [0.2, 0.25) is 0 Å². The van der Waals surface area contributed by atoms with Crippen molar-refractivity contribution in [2.45, 2.75) is 46.1 Å². The fraction of sp³-hybridized carbons (Fsp3) is 0.381. The van der Waals surface area contributed by atoms with Gasteiger partial charge >= 0.3 is 0 Å². The van der Waals surface area contributed by atoms with E-state index in [0.717, 1.165) is 17.7 Å². The van der Waals surface area contributed by atoms with Crippen LogP contribution in [0.3, 0.4) is 0 Å². The molecule has 1 N–H and O–H groups in total. The summed E-state index contributed by atoms with van der Waals surface area (Å²) >= 11 is 0. The van der Waals surface area contributed by atoms with E-state index in [2.05, 4.69) is 25.2 Å². The van der Waals surface area contributed by atoms with Crippen LogP contribution in [0.25, 0.3) is 0 Å². The third-order valence-corrected chi connectivity index (χ3v) is 4.18. The zero-order chi connectivity index (χ0) is 18.2. The molecule has 2 aromatic carbocycles. The topological polar surface area (TPSA) is 47.6 Å². The number of rotatable bonds is 8. The highest BCUT2D eigenvalue weighted by atomic mass is 16.5. The van der Waals surface area contributed by atoms with Crippen molar-refractivity contribution in [3.8, 4) is 11.5 Å². The fourth-order valence-corrected chi connectivity index (χ4v) is 2.54. The second kappa shape index (κ2) is 9.11. The lowest BCUT2D eigenvalue weighted by Gasteiger charge is -2.20. The number of hydrogen-bond donors (Lipinski definition) is 1. The van der Waals surface area contributed by atoms with Gasteiger partial charge < -0.3 is 14.8 Å². The summed E-state index contributed by atoms with van der Waals surface area (Å²) in [4.78, 5) is 12.5. The van der Waals surface area contributed by atoms with Gasteiger partial charge in [-0.1, -0.05) is 44.2 Å². The zero-order valence-electron chi connectivity index (χ0n) is 15.4. The first-order valence-electron chi connectivity index (χ1n) is 8.85. The van der Waals surface area contributed by atoms with Crippen LogP contribution >= 0.6 is 0 Å². The van der Waals surface area contributed by atoms with E-state index in [1.54, 1.807) is 6.92 Å². The quantitative estimate of drug-likeness (QED) is 0.734. The summed E-state index contributed by atoms with van der Waals surface area (Å²) in [6.07, 6.45) is 0.405. The predicted octanol–water partition coefficient (Wildman–Crippen LogP) is 5.00. The average molecular weight is 341 g/mol. The monoisotopic (exact) mass is 341 g/mol. The van der Waals surface area contributed by atoms with Crippen molar-refractivity contribution < 1.29 is 14.3 Å². The maximum Gasteiger partial charge on any atom is 0.265 e. The Morgan fingerprint density at radius 1 is 1.00 bits per heavy atom. The standard InChI is InChI=1S/C21H27NO3/c1-5-15(3)17-11-7-9-13-19(17)25-16(4)21(23)22-18-12-8-10-14-20(18)24-6-2/h7-16H,5-6H2,1-4H3,(H,22,23). The number of amides is 1. The van der Waals surface area contributed by atoms with Gasteiger partial charge in [0.05, 0.1) is 12.3 Å². The summed E-state index contributed by atoms with van der Waals surface area (Å²) in [6, 6.07) is 15.3. The van der Waals surface area contributed by atoms with Crippen molar-refractivity contribution in [3.05, 3.63) is 54.1 Å². The largest absolute Gasteiger partial charge is 0.492 e. The van der Waals surface area contributed by atoms with Gasteiger partial charge in [0.15, 0.2) is 6.10 Å². The molecule has 0 fully saturated rings. The first-order valence-corrected chi connectivity index (χ1v) is 8.85. The molecule has 4 nitrogen and oxygen atoms in total. The van der Waals surface area contributed by atoms with E-state index in [1.165, 1.54) is 0 Å². The van der Waals surface area contributed by atoms with E-state index >= 15 is 0 Å².